The summed E-state index contributed by atoms with van der Waals surface area (Å²) in [4.78, 5) is 12.6. The van der Waals surface area contributed by atoms with Crippen molar-refractivity contribution in [1.29, 1.82) is 0 Å². The highest BCUT2D eigenvalue weighted by atomic mass is 79.9. The zero-order valence-electron chi connectivity index (χ0n) is 15.1. The van der Waals surface area contributed by atoms with Gasteiger partial charge in [0.1, 0.15) is 24.1 Å². The number of rotatable bonds is 4. The zero-order valence-corrected chi connectivity index (χ0v) is 17.4. The number of halogens is 4. The smallest absolute Gasteiger partial charge is 0.319 e. The summed E-state index contributed by atoms with van der Waals surface area (Å²) in [5.74, 6) is -0.0444. The van der Waals surface area contributed by atoms with Crippen LogP contribution in [0.1, 0.15) is 19.3 Å². The Balaban J connectivity index is 1.70. The Morgan fingerprint density at radius 1 is 1.44 bits per heavy atom. The molecule has 0 saturated carbocycles. The Hall–Kier alpha value is -1.25. The molecule has 3 heterocycles. The number of nitrogens with zero attached hydrogens (tertiary/aromatic N) is 4. The fourth-order valence-electron chi connectivity index (χ4n) is 4.19. The van der Waals surface area contributed by atoms with Crippen molar-refractivity contribution in [3.05, 3.63) is 21.4 Å². The number of ether oxygens (including phenoxy) is 1. The van der Waals surface area contributed by atoms with Crippen LogP contribution in [0.15, 0.2) is 10.5 Å². The van der Waals surface area contributed by atoms with Crippen LogP contribution in [0.25, 0.3) is 10.9 Å². The number of fused-ring (bicyclic) bond motifs is 2. The maximum atomic E-state index is 14.7. The maximum absolute atomic E-state index is 14.7. The Kier molecular flexibility index (Phi) is 4.93. The molecule has 146 valence electrons. The first-order valence-corrected chi connectivity index (χ1v) is 10.0. The van der Waals surface area contributed by atoms with Gasteiger partial charge in [-0.25, -0.2) is 8.78 Å². The minimum atomic E-state index is -0.834. The van der Waals surface area contributed by atoms with Crippen LogP contribution in [0, 0.1) is 5.82 Å². The monoisotopic (exact) mass is 460 g/mol. The highest BCUT2D eigenvalue weighted by Gasteiger charge is 2.49. The molecule has 2 saturated heterocycles. The lowest BCUT2D eigenvalue weighted by Gasteiger charge is -2.30. The molecular weight excluding hydrogens is 442 g/mol. The summed E-state index contributed by atoms with van der Waals surface area (Å²) < 4.78 is 34.7. The molecule has 1 aromatic carbocycles. The highest BCUT2D eigenvalue weighted by molar-refractivity contribution is 9.10. The third-order valence-electron chi connectivity index (χ3n) is 5.44. The molecule has 2 aliphatic heterocycles. The van der Waals surface area contributed by atoms with E-state index in [0.29, 0.717) is 30.8 Å². The predicted octanol–water partition coefficient (Wildman–Crippen LogP) is 4.21. The molecule has 0 bridgehead atoms. The first kappa shape index (κ1) is 19.1. The van der Waals surface area contributed by atoms with Gasteiger partial charge in [0.05, 0.1) is 15.0 Å². The number of benzene rings is 1. The van der Waals surface area contributed by atoms with Crippen LogP contribution in [0.5, 0.6) is 6.01 Å². The standard InChI is InChI=1S/C18H20BrClF2N4O/c1-25(2)16-11-6-12(20)13(19)14(22)15(11)23-17(24-16)27-9-18-4-3-5-26(18)8-10(21)7-18/h6,10H,3-5,7-9H2,1-2H3/t10-,18+/m1/s1. The second-order valence-corrected chi connectivity index (χ2v) is 8.67. The minimum Gasteiger partial charge on any atom is -0.461 e. The maximum Gasteiger partial charge on any atom is 0.319 e. The van der Waals surface area contributed by atoms with E-state index >= 15 is 0 Å². The molecule has 0 aliphatic carbocycles. The van der Waals surface area contributed by atoms with Gasteiger partial charge in [0.2, 0.25) is 0 Å². The number of hydrogen-bond acceptors (Lipinski definition) is 5. The molecule has 0 unspecified atom stereocenters. The lowest BCUT2D eigenvalue weighted by molar-refractivity contribution is 0.107. The molecule has 0 radical (unpaired) electrons. The molecule has 2 aliphatic rings. The van der Waals surface area contributed by atoms with E-state index in [0.717, 1.165) is 19.4 Å². The average molecular weight is 462 g/mol. The normalized spacial score (nSPS) is 25.2. The van der Waals surface area contributed by atoms with Crippen LogP contribution in [-0.2, 0) is 0 Å². The Labute approximate surface area is 169 Å². The summed E-state index contributed by atoms with van der Waals surface area (Å²) in [6.45, 7) is 1.62. The fourth-order valence-corrected chi connectivity index (χ4v) is 4.68. The third-order valence-corrected chi connectivity index (χ3v) is 6.74. The van der Waals surface area contributed by atoms with Gasteiger partial charge in [0, 0.05) is 32.4 Å². The average Bonchev–Trinajstić information content (AvgIpc) is 3.13. The van der Waals surface area contributed by atoms with Crippen molar-refractivity contribution >= 4 is 44.3 Å². The highest BCUT2D eigenvalue weighted by Crippen LogP contribution is 2.41. The molecule has 5 nitrogen and oxygen atoms in total. The van der Waals surface area contributed by atoms with E-state index in [1.54, 1.807) is 11.0 Å². The lowest BCUT2D eigenvalue weighted by Crippen LogP contribution is -2.43. The molecule has 0 spiro atoms. The van der Waals surface area contributed by atoms with Crippen molar-refractivity contribution in [2.45, 2.75) is 31.0 Å². The number of hydrogen-bond donors (Lipinski definition) is 0. The fraction of sp³-hybridized carbons (Fsp3) is 0.556. The first-order chi connectivity index (χ1) is 12.8. The lowest BCUT2D eigenvalue weighted by atomic mass is 9.95. The molecule has 1 aromatic heterocycles. The topological polar surface area (TPSA) is 41.5 Å². The molecule has 9 heteroatoms. The predicted molar refractivity (Wildman–Crippen MR) is 105 cm³/mol. The Morgan fingerprint density at radius 2 is 2.22 bits per heavy atom. The van der Waals surface area contributed by atoms with Crippen LogP contribution in [0.4, 0.5) is 14.6 Å². The summed E-state index contributed by atoms with van der Waals surface area (Å²) >= 11 is 9.25. The molecule has 2 atom stereocenters. The van der Waals surface area contributed by atoms with Crippen LogP contribution < -0.4 is 9.64 Å². The number of alkyl halides is 1. The van der Waals surface area contributed by atoms with Gasteiger partial charge in [-0.1, -0.05) is 11.6 Å². The summed E-state index contributed by atoms with van der Waals surface area (Å²) in [7, 11) is 3.61. The SMILES string of the molecule is CN(C)c1nc(OC[C@@]23CCCN2C[C@H](F)C3)nc2c(F)c(Br)c(Cl)cc12. The minimum absolute atomic E-state index is 0.0860. The van der Waals surface area contributed by atoms with E-state index in [-0.39, 0.29) is 26.6 Å². The number of anilines is 1. The Bertz CT molecular complexity index is 900. The molecule has 27 heavy (non-hydrogen) atoms. The molecule has 4 rings (SSSR count). The summed E-state index contributed by atoms with van der Waals surface area (Å²) in [5, 5.41) is 0.754. The van der Waals surface area contributed by atoms with E-state index in [4.69, 9.17) is 16.3 Å². The van der Waals surface area contributed by atoms with Crippen molar-refractivity contribution in [2.75, 3.05) is 38.7 Å². The van der Waals surface area contributed by atoms with Crippen LogP contribution in [0.2, 0.25) is 5.02 Å². The second-order valence-electron chi connectivity index (χ2n) is 7.47. The van der Waals surface area contributed by atoms with Crippen molar-refractivity contribution in [1.82, 2.24) is 14.9 Å². The molecule has 0 N–H and O–H groups in total. The van der Waals surface area contributed by atoms with Gasteiger partial charge in [-0.15, -0.1) is 0 Å². The van der Waals surface area contributed by atoms with Gasteiger partial charge < -0.3 is 9.64 Å². The van der Waals surface area contributed by atoms with Gasteiger partial charge >= 0.3 is 6.01 Å². The van der Waals surface area contributed by atoms with E-state index in [1.165, 1.54) is 0 Å². The molecule has 2 aromatic rings. The Morgan fingerprint density at radius 3 is 2.96 bits per heavy atom. The van der Waals surface area contributed by atoms with Crippen LogP contribution in [0.3, 0.4) is 0 Å². The van der Waals surface area contributed by atoms with Crippen molar-refractivity contribution < 1.29 is 13.5 Å². The van der Waals surface area contributed by atoms with Crippen molar-refractivity contribution in [3.63, 3.8) is 0 Å². The van der Waals surface area contributed by atoms with Gasteiger partial charge in [-0.2, -0.15) is 9.97 Å². The summed E-state index contributed by atoms with van der Waals surface area (Å²) in [6.07, 6.45) is 1.53. The summed E-state index contributed by atoms with van der Waals surface area (Å²) in [6, 6.07) is 1.72. The zero-order chi connectivity index (χ0) is 19.3. The first-order valence-electron chi connectivity index (χ1n) is 8.85. The van der Waals surface area contributed by atoms with Gasteiger partial charge in [-0.3, -0.25) is 4.90 Å². The third kappa shape index (κ3) is 3.25. The van der Waals surface area contributed by atoms with Gasteiger partial charge in [0.15, 0.2) is 5.82 Å². The van der Waals surface area contributed by atoms with Gasteiger partial charge in [-0.05, 0) is 41.4 Å². The van der Waals surface area contributed by atoms with E-state index in [2.05, 4.69) is 30.8 Å². The quantitative estimate of drug-likeness (QED) is 0.638. The summed E-state index contributed by atoms with van der Waals surface area (Å²) in [5.41, 5.74) is -0.176. The van der Waals surface area contributed by atoms with Gasteiger partial charge in [0.25, 0.3) is 0 Å². The number of aromatic nitrogens is 2. The van der Waals surface area contributed by atoms with Crippen LogP contribution >= 0.6 is 27.5 Å². The van der Waals surface area contributed by atoms with E-state index in [9.17, 15) is 8.78 Å². The van der Waals surface area contributed by atoms with E-state index < -0.39 is 12.0 Å². The second kappa shape index (κ2) is 6.97. The van der Waals surface area contributed by atoms with Crippen LogP contribution in [-0.4, -0.2) is 60.4 Å². The molecule has 2 fully saturated rings. The largest absolute Gasteiger partial charge is 0.461 e. The molecule has 0 amide bonds. The van der Waals surface area contributed by atoms with E-state index in [1.807, 2.05) is 14.1 Å². The van der Waals surface area contributed by atoms with Crippen molar-refractivity contribution in [3.8, 4) is 6.01 Å². The van der Waals surface area contributed by atoms with Crippen molar-refractivity contribution in [2.24, 2.45) is 0 Å². The molecular formula is C18H20BrClF2N4O.